The molecule has 1 unspecified atom stereocenters. The van der Waals surface area contributed by atoms with Crippen LogP contribution in [0.1, 0.15) is 43.0 Å². The number of carbonyl (C=O) groups is 1. The Kier molecular flexibility index (Phi) is 4.99. The Balaban J connectivity index is 2.08. The topological polar surface area (TPSA) is 41.1 Å². The summed E-state index contributed by atoms with van der Waals surface area (Å²) in [5.74, 6) is 1.85. The van der Waals surface area contributed by atoms with Gasteiger partial charge in [0.05, 0.1) is 6.04 Å². The van der Waals surface area contributed by atoms with Crippen LogP contribution in [0.25, 0.3) is 0 Å². The number of thioether (sulfide) groups is 1. The second kappa shape index (κ2) is 6.41. The standard InChI is InChI=1S/C17H26N2OS/c1-11-6-13(17(3,4)5)7-12(2)14(11)8-18-16(20)15-9-21-10-19-15/h6-7,15,19H,8-10H2,1-5H3,(H,18,20). The molecule has 2 N–H and O–H groups in total. The summed E-state index contributed by atoms with van der Waals surface area (Å²) < 4.78 is 0. The molecule has 3 nitrogen and oxygen atoms in total. The normalized spacial score (nSPS) is 18.8. The first-order valence-corrected chi connectivity index (χ1v) is 8.64. The lowest BCUT2D eigenvalue weighted by Crippen LogP contribution is -2.41. The highest BCUT2D eigenvalue weighted by Crippen LogP contribution is 2.26. The average Bonchev–Trinajstić information content (AvgIpc) is 2.90. The van der Waals surface area contributed by atoms with Crippen LogP contribution in [0.5, 0.6) is 0 Å². The van der Waals surface area contributed by atoms with Crippen LogP contribution >= 0.6 is 11.8 Å². The zero-order valence-corrected chi connectivity index (χ0v) is 14.5. The maximum Gasteiger partial charge on any atom is 0.238 e. The van der Waals surface area contributed by atoms with Gasteiger partial charge in [-0.25, -0.2) is 0 Å². The van der Waals surface area contributed by atoms with Gasteiger partial charge in [-0.1, -0.05) is 32.9 Å². The zero-order chi connectivity index (χ0) is 15.6. The second-order valence-corrected chi connectivity index (χ2v) is 7.86. The SMILES string of the molecule is Cc1cc(C(C)(C)C)cc(C)c1CNC(=O)C1CSCN1. The summed E-state index contributed by atoms with van der Waals surface area (Å²) in [5, 5.41) is 6.27. The summed E-state index contributed by atoms with van der Waals surface area (Å²) in [4.78, 5) is 12.1. The number of hydrogen-bond acceptors (Lipinski definition) is 3. The van der Waals surface area contributed by atoms with Crippen LogP contribution in [0.2, 0.25) is 0 Å². The zero-order valence-electron chi connectivity index (χ0n) is 13.7. The number of benzene rings is 1. The Morgan fingerprint density at radius 2 is 1.95 bits per heavy atom. The van der Waals surface area contributed by atoms with Crippen LogP contribution < -0.4 is 10.6 Å². The van der Waals surface area contributed by atoms with E-state index in [2.05, 4.69) is 57.4 Å². The van der Waals surface area contributed by atoms with Crippen molar-refractivity contribution in [2.45, 2.75) is 52.6 Å². The van der Waals surface area contributed by atoms with E-state index in [4.69, 9.17) is 0 Å². The Hall–Kier alpha value is -1.000. The molecule has 4 heteroatoms. The molecular formula is C17H26N2OS. The lowest BCUT2D eigenvalue weighted by Gasteiger charge is -2.22. The van der Waals surface area contributed by atoms with Gasteiger partial charge in [-0.3, -0.25) is 10.1 Å². The molecule has 21 heavy (non-hydrogen) atoms. The minimum absolute atomic E-state index is 0.0375. The third-order valence-electron chi connectivity index (χ3n) is 4.03. The van der Waals surface area contributed by atoms with Gasteiger partial charge in [0.25, 0.3) is 0 Å². The highest BCUT2D eigenvalue weighted by molar-refractivity contribution is 7.99. The van der Waals surface area contributed by atoms with Gasteiger partial charge >= 0.3 is 0 Å². The summed E-state index contributed by atoms with van der Waals surface area (Å²) in [6.45, 7) is 11.6. The maximum absolute atomic E-state index is 12.1. The van der Waals surface area contributed by atoms with Crippen molar-refractivity contribution in [1.29, 1.82) is 0 Å². The Labute approximate surface area is 132 Å². The average molecular weight is 306 g/mol. The Bertz CT molecular complexity index is 505. The minimum atomic E-state index is -0.0375. The second-order valence-electron chi connectivity index (χ2n) is 6.83. The molecule has 1 fully saturated rings. The third kappa shape index (κ3) is 4.01. The molecule has 0 saturated carbocycles. The fourth-order valence-electron chi connectivity index (χ4n) is 2.57. The van der Waals surface area contributed by atoms with Gasteiger partial charge in [0.2, 0.25) is 5.91 Å². The van der Waals surface area contributed by atoms with E-state index in [-0.39, 0.29) is 17.4 Å². The number of nitrogens with one attached hydrogen (secondary N) is 2. The van der Waals surface area contributed by atoms with Gasteiger partial charge < -0.3 is 5.32 Å². The maximum atomic E-state index is 12.1. The summed E-state index contributed by atoms with van der Waals surface area (Å²) in [6, 6.07) is 4.46. The number of aryl methyl sites for hydroxylation is 2. The van der Waals surface area contributed by atoms with E-state index < -0.39 is 0 Å². The van der Waals surface area contributed by atoms with Crippen LogP contribution in [-0.4, -0.2) is 23.6 Å². The molecule has 116 valence electrons. The van der Waals surface area contributed by atoms with Crippen molar-refractivity contribution in [1.82, 2.24) is 10.6 Å². The quantitative estimate of drug-likeness (QED) is 0.902. The van der Waals surface area contributed by atoms with E-state index in [9.17, 15) is 4.79 Å². The van der Waals surface area contributed by atoms with E-state index in [1.165, 1.54) is 22.3 Å². The number of hydrogen-bond donors (Lipinski definition) is 2. The van der Waals surface area contributed by atoms with Crippen molar-refractivity contribution in [2.75, 3.05) is 11.6 Å². The van der Waals surface area contributed by atoms with Crippen molar-refractivity contribution in [3.63, 3.8) is 0 Å². The molecular weight excluding hydrogens is 280 g/mol. The highest BCUT2D eigenvalue weighted by Gasteiger charge is 2.22. The lowest BCUT2D eigenvalue weighted by atomic mass is 9.84. The molecule has 1 aromatic rings. The van der Waals surface area contributed by atoms with Crippen molar-refractivity contribution in [3.8, 4) is 0 Å². The molecule has 1 aromatic carbocycles. The van der Waals surface area contributed by atoms with Crippen LogP contribution in [-0.2, 0) is 16.8 Å². The molecule has 1 saturated heterocycles. The fraction of sp³-hybridized carbons (Fsp3) is 0.588. The monoisotopic (exact) mass is 306 g/mol. The number of amides is 1. The summed E-state index contributed by atoms with van der Waals surface area (Å²) in [7, 11) is 0. The van der Waals surface area contributed by atoms with Crippen molar-refractivity contribution in [3.05, 3.63) is 34.4 Å². The van der Waals surface area contributed by atoms with Crippen LogP contribution in [0, 0.1) is 13.8 Å². The number of carbonyl (C=O) groups excluding carboxylic acids is 1. The van der Waals surface area contributed by atoms with Crippen molar-refractivity contribution >= 4 is 17.7 Å². The highest BCUT2D eigenvalue weighted by atomic mass is 32.2. The fourth-order valence-corrected chi connectivity index (χ4v) is 3.51. The molecule has 0 bridgehead atoms. The van der Waals surface area contributed by atoms with Crippen LogP contribution in [0.15, 0.2) is 12.1 Å². The van der Waals surface area contributed by atoms with Crippen LogP contribution in [0.3, 0.4) is 0 Å². The minimum Gasteiger partial charge on any atom is -0.351 e. The largest absolute Gasteiger partial charge is 0.351 e. The summed E-state index contributed by atoms with van der Waals surface area (Å²) in [6.07, 6.45) is 0. The first-order chi connectivity index (χ1) is 9.79. The third-order valence-corrected chi connectivity index (χ3v) is 4.97. The smallest absolute Gasteiger partial charge is 0.238 e. The molecule has 2 rings (SSSR count). The Morgan fingerprint density at radius 1 is 1.33 bits per heavy atom. The number of rotatable bonds is 3. The predicted molar refractivity (Wildman–Crippen MR) is 90.7 cm³/mol. The molecule has 1 atom stereocenters. The molecule has 0 radical (unpaired) electrons. The summed E-state index contributed by atoms with van der Waals surface area (Å²) >= 11 is 1.77. The van der Waals surface area contributed by atoms with Crippen LogP contribution in [0.4, 0.5) is 0 Å². The molecule has 0 aliphatic carbocycles. The Morgan fingerprint density at radius 3 is 2.43 bits per heavy atom. The summed E-state index contributed by atoms with van der Waals surface area (Å²) in [5.41, 5.74) is 5.26. The molecule has 1 amide bonds. The van der Waals surface area contributed by atoms with Crippen molar-refractivity contribution < 1.29 is 4.79 Å². The van der Waals surface area contributed by atoms with Gasteiger partial charge in [-0.05, 0) is 41.5 Å². The first-order valence-electron chi connectivity index (χ1n) is 7.48. The molecule has 0 aromatic heterocycles. The molecule has 0 spiro atoms. The van der Waals surface area contributed by atoms with Gasteiger partial charge in [0, 0.05) is 18.2 Å². The van der Waals surface area contributed by atoms with Gasteiger partial charge in [0.15, 0.2) is 0 Å². The van der Waals surface area contributed by atoms with E-state index in [0.29, 0.717) is 6.54 Å². The van der Waals surface area contributed by atoms with E-state index in [1.807, 2.05) is 0 Å². The van der Waals surface area contributed by atoms with Crippen molar-refractivity contribution in [2.24, 2.45) is 0 Å². The molecule has 1 aliphatic heterocycles. The molecule has 1 aliphatic rings. The lowest BCUT2D eigenvalue weighted by molar-refractivity contribution is -0.122. The first kappa shape index (κ1) is 16.4. The van der Waals surface area contributed by atoms with Gasteiger partial charge in [-0.15, -0.1) is 11.8 Å². The van der Waals surface area contributed by atoms with Gasteiger partial charge in [-0.2, -0.15) is 0 Å². The van der Waals surface area contributed by atoms with E-state index in [1.54, 1.807) is 11.8 Å². The van der Waals surface area contributed by atoms with Gasteiger partial charge in [0.1, 0.15) is 0 Å². The molecule has 1 heterocycles. The van der Waals surface area contributed by atoms with E-state index >= 15 is 0 Å². The van der Waals surface area contributed by atoms with E-state index in [0.717, 1.165) is 11.6 Å². The predicted octanol–water partition coefficient (Wildman–Crippen LogP) is 2.88.